The Labute approximate surface area is 138 Å². The zero-order valence-corrected chi connectivity index (χ0v) is 12.9. The van der Waals surface area contributed by atoms with E-state index in [1.807, 2.05) is 25.3 Å². The molecule has 16 heavy (non-hydrogen) atoms. The van der Waals surface area contributed by atoms with Crippen LogP contribution in [-0.4, -0.2) is 29.7 Å². The molecule has 0 spiro atoms. The van der Waals surface area contributed by atoms with E-state index in [1.54, 1.807) is 6.20 Å². The van der Waals surface area contributed by atoms with E-state index in [0.717, 1.165) is 29.9 Å². The third-order valence-corrected chi connectivity index (χ3v) is 2.12. The summed E-state index contributed by atoms with van der Waals surface area (Å²) in [5.74, 6) is 0.799. The van der Waals surface area contributed by atoms with Crippen molar-refractivity contribution in [3.05, 3.63) is 29.8 Å². The molecule has 0 aliphatic carbocycles. The number of rotatable bonds is 5. The van der Waals surface area contributed by atoms with Crippen LogP contribution in [0, 0.1) is 0 Å². The maximum atomic E-state index is 5.52. The summed E-state index contributed by atoms with van der Waals surface area (Å²) in [5.41, 5.74) is 0.889. The second kappa shape index (κ2) is 7.42. The van der Waals surface area contributed by atoms with Gasteiger partial charge in [-0.1, -0.05) is 6.92 Å². The quantitative estimate of drug-likeness (QED) is 0.560. The van der Waals surface area contributed by atoms with Gasteiger partial charge < -0.3 is 15.0 Å². The summed E-state index contributed by atoms with van der Waals surface area (Å²) in [6.07, 6.45) is 3.60. The third kappa shape index (κ3) is 3.83. The van der Waals surface area contributed by atoms with E-state index in [0.29, 0.717) is 6.61 Å². The van der Waals surface area contributed by atoms with E-state index in [1.165, 1.54) is 0 Å². The van der Waals surface area contributed by atoms with Gasteiger partial charge in [-0.25, -0.2) is 4.98 Å². The van der Waals surface area contributed by atoms with Crippen molar-refractivity contribution in [2.75, 3.05) is 19.7 Å². The van der Waals surface area contributed by atoms with Crippen LogP contribution in [0.3, 0.4) is 0 Å². The predicted octanol–water partition coefficient (Wildman–Crippen LogP) is -0.661. The SMILES string of the molecule is CC[N-]CCOc1cnc2[nH]ccc2c1.[K+]. The zero-order chi connectivity index (χ0) is 10.5. The molecule has 0 aliphatic heterocycles. The van der Waals surface area contributed by atoms with Crippen LogP contribution in [0.4, 0.5) is 0 Å². The van der Waals surface area contributed by atoms with Gasteiger partial charge in [0.05, 0.1) is 12.8 Å². The number of nitrogens with one attached hydrogen (secondary N) is 1. The van der Waals surface area contributed by atoms with Gasteiger partial charge in [0.25, 0.3) is 0 Å². The maximum absolute atomic E-state index is 5.52. The minimum atomic E-state index is 0. The first-order valence-corrected chi connectivity index (χ1v) is 5.09. The molecule has 0 atom stereocenters. The van der Waals surface area contributed by atoms with Crippen molar-refractivity contribution in [2.24, 2.45) is 0 Å². The second-order valence-corrected chi connectivity index (χ2v) is 3.20. The van der Waals surface area contributed by atoms with Gasteiger partial charge in [-0.2, -0.15) is 6.54 Å². The molecule has 0 amide bonds. The van der Waals surface area contributed by atoms with Crippen LogP contribution >= 0.6 is 0 Å². The molecule has 0 aromatic carbocycles. The van der Waals surface area contributed by atoms with Crippen LogP contribution in [-0.2, 0) is 0 Å². The first-order chi connectivity index (χ1) is 7.40. The largest absolute Gasteiger partial charge is 1.00 e. The Morgan fingerprint density at radius 2 is 2.38 bits per heavy atom. The molecule has 5 heteroatoms. The fourth-order valence-corrected chi connectivity index (χ4v) is 1.38. The number of ether oxygens (including phenoxy) is 1. The molecule has 0 fully saturated rings. The number of aromatic nitrogens is 2. The molecule has 0 aliphatic rings. The summed E-state index contributed by atoms with van der Waals surface area (Å²) in [6.45, 7) is 4.22. The number of nitrogens with zero attached hydrogens (tertiary/aromatic N) is 2. The first kappa shape index (κ1) is 14.1. The molecule has 80 valence electrons. The molecule has 2 heterocycles. The number of fused-ring (bicyclic) bond motifs is 1. The second-order valence-electron chi connectivity index (χ2n) is 3.20. The van der Waals surface area contributed by atoms with Crippen LogP contribution in [0.1, 0.15) is 6.92 Å². The summed E-state index contributed by atoms with van der Waals surface area (Å²) in [5, 5.41) is 5.26. The minimum Gasteiger partial charge on any atom is -0.660 e. The average molecular weight is 243 g/mol. The first-order valence-electron chi connectivity index (χ1n) is 5.09. The Balaban J connectivity index is 0.00000128. The van der Waals surface area contributed by atoms with Crippen molar-refractivity contribution in [3.8, 4) is 5.75 Å². The van der Waals surface area contributed by atoms with Crippen LogP contribution in [0.2, 0.25) is 0 Å². The number of hydrogen-bond acceptors (Lipinski definition) is 2. The summed E-state index contributed by atoms with van der Waals surface area (Å²) in [4.78, 5) is 7.27. The van der Waals surface area contributed by atoms with Crippen molar-refractivity contribution >= 4 is 11.0 Å². The average Bonchev–Trinajstić information content (AvgIpc) is 2.71. The molecular formula is C11H14KN3O. The van der Waals surface area contributed by atoms with Gasteiger partial charge in [0.1, 0.15) is 11.4 Å². The maximum Gasteiger partial charge on any atom is 1.00 e. The number of H-pyrrole nitrogens is 1. The van der Waals surface area contributed by atoms with Crippen LogP contribution in [0.5, 0.6) is 5.75 Å². The molecule has 2 rings (SSSR count). The number of hydrogen-bond donors (Lipinski definition) is 1. The number of pyridine rings is 1. The molecule has 1 N–H and O–H groups in total. The molecular weight excluding hydrogens is 229 g/mol. The molecule has 0 bridgehead atoms. The van der Waals surface area contributed by atoms with Gasteiger partial charge in [0.2, 0.25) is 0 Å². The fraction of sp³-hybridized carbons (Fsp3) is 0.364. The molecule has 4 nitrogen and oxygen atoms in total. The monoisotopic (exact) mass is 243 g/mol. The minimum absolute atomic E-state index is 0. The summed E-state index contributed by atoms with van der Waals surface area (Å²) in [6, 6.07) is 3.95. The molecule has 0 saturated carbocycles. The molecule has 2 aromatic heterocycles. The normalized spacial score (nSPS) is 10.1. The number of aromatic amines is 1. The standard InChI is InChI=1S/C11H14N3O.K/c1-2-12-5-6-15-10-7-9-3-4-13-11(9)14-8-10;/h3-4,7-8H,2,5-6H2,1H3,(H,13,14);/q-1;+1. The van der Waals surface area contributed by atoms with E-state index < -0.39 is 0 Å². The smallest absolute Gasteiger partial charge is 0.660 e. The van der Waals surface area contributed by atoms with E-state index in [9.17, 15) is 0 Å². The predicted molar refractivity (Wildman–Crippen MR) is 60.4 cm³/mol. The van der Waals surface area contributed by atoms with Gasteiger partial charge >= 0.3 is 51.4 Å². The van der Waals surface area contributed by atoms with Gasteiger partial charge in [-0.3, -0.25) is 0 Å². The van der Waals surface area contributed by atoms with Gasteiger partial charge in [-0.05, 0) is 12.1 Å². The fourth-order valence-electron chi connectivity index (χ4n) is 1.38. The van der Waals surface area contributed by atoms with Crippen molar-refractivity contribution < 1.29 is 56.1 Å². The van der Waals surface area contributed by atoms with Crippen molar-refractivity contribution in [1.82, 2.24) is 9.97 Å². The van der Waals surface area contributed by atoms with Gasteiger partial charge in [-0.15, -0.1) is 6.54 Å². The van der Waals surface area contributed by atoms with E-state index in [2.05, 4.69) is 15.3 Å². The van der Waals surface area contributed by atoms with Crippen LogP contribution < -0.4 is 56.1 Å². The molecule has 0 unspecified atom stereocenters. The molecule has 2 aromatic rings. The topological polar surface area (TPSA) is 52.0 Å². The Morgan fingerprint density at radius 1 is 1.50 bits per heavy atom. The van der Waals surface area contributed by atoms with Crippen molar-refractivity contribution in [2.45, 2.75) is 6.92 Å². The van der Waals surface area contributed by atoms with E-state index in [-0.39, 0.29) is 51.4 Å². The summed E-state index contributed by atoms with van der Waals surface area (Å²) in [7, 11) is 0. The van der Waals surface area contributed by atoms with Gasteiger partial charge in [0.15, 0.2) is 0 Å². The van der Waals surface area contributed by atoms with E-state index in [4.69, 9.17) is 4.74 Å². The Hall–Kier alpha value is 0.0864. The van der Waals surface area contributed by atoms with Gasteiger partial charge in [0, 0.05) is 11.6 Å². The Morgan fingerprint density at radius 3 is 3.19 bits per heavy atom. The zero-order valence-electron chi connectivity index (χ0n) is 9.73. The third-order valence-electron chi connectivity index (χ3n) is 2.12. The van der Waals surface area contributed by atoms with Crippen molar-refractivity contribution in [3.63, 3.8) is 0 Å². The summed E-state index contributed by atoms with van der Waals surface area (Å²) >= 11 is 0. The van der Waals surface area contributed by atoms with E-state index >= 15 is 0 Å². The molecule has 0 radical (unpaired) electrons. The number of likely N-dealkylation sites (N-methyl/N-ethyl adjacent to an activating group) is 1. The summed E-state index contributed by atoms with van der Waals surface area (Å²) < 4.78 is 5.52. The van der Waals surface area contributed by atoms with Crippen LogP contribution in [0.15, 0.2) is 24.5 Å². The van der Waals surface area contributed by atoms with Crippen molar-refractivity contribution in [1.29, 1.82) is 0 Å². The Kier molecular flexibility index (Phi) is 6.56. The Bertz CT molecular complexity index is 430. The van der Waals surface area contributed by atoms with Crippen LogP contribution in [0.25, 0.3) is 16.4 Å². The molecule has 0 saturated heterocycles.